The summed E-state index contributed by atoms with van der Waals surface area (Å²) in [5, 5.41) is 6.05. The van der Waals surface area contributed by atoms with Crippen LogP contribution in [0.3, 0.4) is 0 Å². The Morgan fingerprint density at radius 1 is 1.21 bits per heavy atom. The van der Waals surface area contributed by atoms with Gasteiger partial charge in [-0.15, -0.1) is 6.58 Å². The number of rotatable bonds is 6. The Bertz CT molecular complexity index is 979. The number of hydrogen-bond donors (Lipinski definition) is 2. The third-order valence-corrected chi connectivity index (χ3v) is 4.23. The molecule has 2 aromatic rings. The van der Waals surface area contributed by atoms with Crippen molar-refractivity contribution in [2.24, 2.45) is 0 Å². The first-order chi connectivity index (χ1) is 13.6. The van der Waals surface area contributed by atoms with E-state index in [4.69, 9.17) is 16.3 Å². The molecule has 1 aliphatic rings. The van der Waals surface area contributed by atoms with E-state index in [0.717, 1.165) is 16.9 Å². The lowest BCUT2D eigenvalue weighted by Crippen LogP contribution is -2.24. The van der Waals surface area contributed by atoms with Crippen molar-refractivity contribution in [3.8, 4) is 5.75 Å². The number of fused-ring (bicyclic) bond motifs is 1. The van der Waals surface area contributed by atoms with Crippen LogP contribution in [-0.2, 0) is 4.79 Å². The van der Waals surface area contributed by atoms with Crippen molar-refractivity contribution in [3.63, 3.8) is 0 Å². The Kier molecular flexibility index (Phi) is 6.29. The summed E-state index contributed by atoms with van der Waals surface area (Å²) >= 11 is 6.01. The lowest BCUT2D eigenvalue weighted by atomic mass is 10.1. The molecule has 2 N–H and O–H groups in total. The van der Waals surface area contributed by atoms with E-state index in [2.05, 4.69) is 17.2 Å². The van der Waals surface area contributed by atoms with Gasteiger partial charge in [0.15, 0.2) is 0 Å². The second kappa shape index (κ2) is 9.06. The first-order valence-corrected chi connectivity index (χ1v) is 9.05. The molecule has 28 heavy (non-hydrogen) atoms. The van der Waals surface area contributed by atoms with Gasteiger partial charge in [-0.3, -0.25) is 9.59 Å². The van der Waals surface area contributed by atoms with Crippen molar-refractivity contribution in [2.45, 2.75) is 0 Å². The second-order valence-electron chi connectivity index (χ2n) is 6.06. The third kappa shape index (κ3) is 4.90. The van der Waals surface area contributed by atoms with Crippen molar-refractivity contribution in [1.82, 2.24) is 5.32 Å². The SMILES string of the molecule is C=CCNC(=O)c1ccccc1NC(=O)/C=C/C1=Cc2cc(Cl)ccc2OC1. The van der Waals surface area contributed by atoms with Crippen LogP contribution in [-0.4, -0.2) is 25.0 Å². The van der Waals surface area contributed by atoms with Crippen molar-refractivity contribution in [1.29, 1.82) is 0 Å². The minimum absolute atomic E-state index is 0.281. The van der Waals surface area contributed by atoms with Gasteiger partial charge in [0.05, 0.1) is 11.3 Å². The van der Waals surface area contributed by atoms with Crippen molar-refractivity contribution in [2.75, 3.05) is 18.5 Å². The van der Waals surface area contributed by atoms with Gasteiger partial charge in [0.1, 0.15) is 12.4 Å². The van der Waals surface area contributed by atoms with Crippen LogP contribution in [0.4, 0.5) is 5.69 Å². The van der Waals surface area contributed by atoms with Gasteiger partial charge < -0.3 is 15.4 Å². The summed E-state index contributed by atoms with van der Waals surface area (Å²) in [6.45, 7) is 4.28. The minimum atomic E-state index is -0.346. The van der Waals surface area contributed by atoms with Gasteiger partial charge in [-0.1, -0.05) is 35.9 Å². The van der Waals surface area contributed by atoms with Crippen LogP contribution in [0.1, 0.15) is 15.9 Å². The first-order valence-electron chi connectivity index (χ1n) is 8.67. The molecule has 0 saturated heterocycles. The Labute approximate surface area is 168 Å². The average molecular weight is 395 g/mol. The number of nitrogens with one attached hydrogen (secondary N) is 2. The zero-order valence-corrected chi connectivity index (χ0v) is 15.8. The number of carbonyl (C=O) groups is 2. The van der Waals surface area contributed by atoms with Gasteiger partial charge in [0.2, 0.25) is 5.91 Å². The lowest BCUT2D eigenvalue weighted by molar-refractivity contribution is -0.111. The average Bonchev–Trinajstić information content (AvgIpc) is 2.70. The predicted octanol–water partition coefficient (Wildman–Crippen LogP) is 4.23. The third-order valence-electron chi connectivity index (χ3n) is 3.99. The fourth-order valence-corrected chi connectivity index (χ4v) is 2.85. The summed E-state index contributed by atoms with van der Waals surface area (Å²) in [6.07, 6.45) is 6.60. The fraction of sp³-hybridized carbons (Fsp3) is 0.0909. The molecule has 2 amide bonds. The standard InChI is InChI=1S/C22H19ClN2O3/c1-2-11-24-22(27)18-5-3-4-6-19(18)25-21(26)10-7-15-12-16-13-17(23)8-9-20(16)28-14-15/h2-10,12-13H,1,11,14H2,(H,24,27)(H,25,26)/b10-7+. The number of halogens is 1. The number of hydrogen-bond acceptors (Lipinski definition) is 3. The Morgan fingerprint density at radius 2 is 2.04 bits per heavy atom. The fourth-order valence-electron chi connectivity index (χ4n) is 2.67. The molecule has 0 aliphatic carbocycles. The summed E-state index contributed by atoms with van der Waals surface area (Å²) in [5.41, 5.74) is 2.52. The Hall–Kier alpha value is -3.31. The topological polar surface area (TPSA) is 67.4 Å². The summed E-state index contributed by atoms with van der Waals surface area (Å²) in [4.78, 5) is 24.5. The number of para-hydroxylation sites is 1. The smallest absolute Gasteiger partial charge is 0.253 e. The molecular formula is C22H19ClN2O3. The largest absolute Gasteiger partial charge is 0.488 e. The zero-order valence-electron chi connectivity index (χ0n) is 15.1. The second-order valence-corrected chi connectivity index (χ2v) is 6.49. The summed E-state index contributed by atoms with van der Waals surface area (Å²) in [6, 6.07) is 12.2. The van der Waals surface area contributed by atoms with Crippen LogP contribution >= 0.6 is 11.6 Å². The van der Waals surface area contributed by atoms with E-state index in [-0.39, 0.29) is 11.8 Å². The van der Waals surface area contributed by atoms with E-state index in [1.54, 1.807) is 42.5 Å². The monoisotopic (exact) mass is 394 g/mol. The maximum atomic E-state index is 12.3. The number of anilines is 1. The van der Waals surface area contributed by atoms with Crippen LogP contribution in [0.5, 0.6) is 5.75 Å². The van der Waals surface area contributed by atoms with Gasteiger partial charge in [-0.25, -0.2) is 0 Å². The molecule has 2 aromatic carbocycles. The molecule has 1 aliphatic heterocycles. The van der Waals surface area contributed by atoms with Gasteiger partial charge in [-0.05, 0) is 42.0 Å². The van der Waals surface area contributed by atoms with Crippen molar-refractivity contribution < 1.29 is 14.3 Å². The zero-order chi connectivity index (χ0) is 19.9. The van der Waals surface area contributed by atoms with E-state index in [9.17, 15) is 9.59 Å². The molecule has 6 heteroatoms. The minimum Gasteiger partial charge on any atom is -0.488 e. The van der Waals surface area contributed by atoms with Gasteiger partial charge in [0, 0.05) is 23.2 Å². The Balaban J connectivity index is 1.70. The number of carbonyl (C=O) groups excluding carboxylic acids is 2. The molecule has 142 valence electrons. The molecule has 0 spiro atoms. The van der Waals surface area contributed by atoms with Crippen LogP contribution in [0, 0.1) is 0 Å². The molecule has 5 nitrogen and oxygen atoms in total. The maximum absolute atomic E-state index is 12.3. The predicted molar refractivity (Wildman–Crippen MR) is 112 cm³/mol. The highest BCUT2D eigenvalue weighted by Gasteiger charge is 2.12. The van der Waals surface area contributed by atoms with Gasteiger partial charge >= 0.3 is 0 Å². The van der Waals surface area contributed by atoms with Crippen LogP contribution in [0.2, 0.25) is 5.02 Å². The Morgan fingerprint density at radius 3 is 2.86 bits per heavy atom. The van der Waals surface area contributed by atoms with Crippen LogP contribution in [0.15, 0.2) is 72.8 Å². The lowest BCUT2D eigenvalue weighted by Gasteiger charge is -2.16. The van der Waals surface area contributed by atoms with Crippen LogP contribution < -0.4 is 15.4 Å². The van der Waals surface area contributed by atoms with Crippen LogP contribution in [0.25, 0.3) is 6.08 Å². The molecule has 1 heterocycles. The quantitative estimate of drug-likeness (QED) is 0.569. The van der Waals surface area contributed by atoms with Gasteiger partial charge in [0.25, 0.3) is 5.91 Å². The van der Waals surface area contributed by atoms with Gasteiger partial charge in [-0.2, -0.15) is 0 Å². The first kappa shape index (κ1) is 19.5. The molecule has 0 saturated carbocycles. The van der Waals surface area contributed by atoms with E-state index in [1.807, 2.05) is 18.2 Å². The molecule has 0 aromatic heterocycles. The summed E-state index contributed by atoms with van der Waals surface area (Å²) in [7, 11) is 0. The van der Waals surface area contributed by atoms with E-state index in [0.29, 0.717) is 29.4 Å². The highest BCUT2D eigenvalue weighted by atomic mass is 35.5. The molecule has 0 bridgehead atoms. The molecule has 0 atom stereocenters. The summed E-state index contributed by atoms with van der Waals surface area (Å²) < 4.78 is 5.66. The number of benzene rings is 2. The number of amides is 2. The van der Waals surface area contributed by atoms with E-state index < -0.39 is 0 Å². The highest BCUT2D eigenvalue weighted by Crippen LogP contribution is 2.29. The molecule has 0 radical (unpaired) electrons. The number of ether oxygens (including phenoxy) is 1. The molecule has 0 unspecified atom stereocenters. The molecular weight excluding hydrogens is 376 g/mol. The highest BCUT2D eigenvalue weighted by molar-refractivity contribution is 6.30. The van der Waals surface area contributed by atoms with E-state index >= 15 is 0 Å². The molecule has 3 rings (SSSR count). The normalized spacial score (nSPS) is 12.5. The van der Waals surface area contributed by atoms with Crippen molar-refractivity contribution in [3.05, 3.63) is 89.0 Å². The maximum Gasteiger partial charge on any atom is 0.253 e. The summed E-state index contributed by atoms with van der Waals surface area (Å²) in [5.74, 6) is 0.129. The van der Waals surface area contributed by atoms with E-state index in [1.165, 1.54) is 6.08 Å². The molecule has 0 fully saturated rings. The van der Waals surface area contributed by atoms with Crippen molar-refractivity contribution >= 4 is 35.2 Å².